The first kappa shape index (κ1) is 14.7. The van der Waals surface area contributed by atoms with Crippen LogP contribution in [0.2, 0.25) is 0 Å². The lowest BCUT2D eigenvalue weighted by atomic mass is 10.3. The van der Waals surface area contributed by atoms with Crippen LogP contribution in [0.5, 0.6) is 0 Å². The highest BCUT2D eigenvalue weighted by Crippen LogP contribution is 2.22. The van der Waals surface area contributed by atoms with Gasteiger partial charge in [0.25, 0.3) is 5.91 Å². The topological polar surface area (TPSA) is 69.8 Å². The zero-order valence-electron chi connectivity index (χ0n) is 9.90. The van der Waals surface area contributed by atoms with E-state index in [2.05, 4.69) is 20.8 Å². The van der Waals surface area contributed by atoms with Gasteiger partial charge in [0.2, 0.25) is 0 Å². The second-order valence-corrected chi connectivity index (χ2v) is 4.45. The smallest absolute Gasteiger partial charge is 0.271 e. The molecule has 0 saturated carbocycles. The summed E-state index contributed by atoms with van der Waals surface area (Å²) in [5, 5.41) is 14.6. The van der Waals surface area contributed by atoms with Gasteiger partial charge >= 0.3 is 0 Å². The Bertz CT molecular complexity index is 483. The number of thiophene rings is 1. The number of nitrogens with one attached hydrogen (secondary N) is 3. The average molecular weight is 287 g/mol. The Morgan fingerprint density at radius 1 is 1.50 bits per heavy atom. The Kier molecular flexibility index (Phi) is 5.84. The average Bonchev–Trinajstić information content (AvgIpc) is 3.00. The Morgan fingerprint density at radius 3 is 3.00 bits per heavy atom. The van der Waals surface area contributed by atoms with E-state index in [-0.39, 0.29) is 18.3 Å². The number of nitrogens with zero attached hydrogens (tertiary/aromatic N) is 1. The normalized spacial score (nSPS) is 9.83. The number of hydrogen-bond donors (Lipinski definition) is 3. The fourth-order valence-corrected chi connectivity index (χ4v) is 2.08. The number of aromatic nitrogens is 2. The molecule has 7 heteroatoms. The molecule has 0 aliphatic heterocycles. The Labute approximate surface area is 115 Å². The van der Waals surface area contributed by atoms with Crippen LogP contribution >= 0.6 is 23.7 Å². The van der Waals surface area contributed by atoms with Crippen LogP contribution in [0, 0.1) is 0 Å². The number of amides is 1. The summed E-state index contributed by atoms with van der Waals surface area (Å²) in [5.41, 5.74) is 1.29. The molecule has 3 N–H and O–H groups in total. The first-order valence-electron chi connectivity index (χ1n) is 5.33. The Hall–Kier alpha value is -1.37. The molecule has 0 aliphatic carbocycles. The summed E-state index contributed by atoms with van der Waals surface area (Å²) in [6.07, 6.45) is 0. The van der Waals surface area contributed by atoms with E-state index < -0.39 is 0 Å². The van der Waals surface area contributed by atoms with Crippen LogP contribution in [0.25, 0.3) is 10.6 Å². The maximum Gasteiger partial charge on any atom is 0.271 e. The molecule has 0 spiro atoms. The van der Waals surface area contributed by atoms with Gasteiger partial charge in [-0.1, -0.05) is 6.07 Å². The Morgan fingerprint density at radius 2 is 2.33 bits per heavy atom. The molecule has 0 radical (unpaired) electrons. The predicted octanol–water partition coefficient (Wildman–Crippen LogP) is 1.51. The summed E-state index contributed by atoms with van der Waals surface area (Å²) in [7, 11) is 1.84. The van der Waals surface area contributed by atoms with E-state index in [9.17, 15) is 4.79 Å². The molecule has 1 amide bonds. The number of likely N-dealkylation sites (N-methyl/N-ethyl adjacent to an activating group) is 1. The molecule has 2 aromatic heterocycles. The maximum absolute atomic E-state index is 11.7. The third kappa shape index (κ3) is 3.56. The van der Waals surface area contributed by atoms with E-state index in [4.69, 9.17) is 0 Å². The van der Waals surface area contributed by atoms with Gasteiger partial charge in [0.15, 0.2) is 5.69 Å². The van der Waals surface area contributed by atoms with Crippen LogP contribution in [0.1, 0.15) is 10.5 Å². The fraction of sp³-hybridized carbons (Fsp3) is 0.273. The SMILES string of the molecule is CNCCNC(=O)c1cc(-c2cccs2)[nH]n1.Cl. The summed E-state index contributed by atoms with van der Waals surface area (Å²) in [5.74, 6) is -0.153. The third-order valence-corrected chi connectivity index (χ3v) is 3.16. The zero-order chi connectivity index (χ0) is 12.1. The second kappa shape index (κ2) is 7.15. The largest absolute Gasteiger partial charge is 0.349 e. The zero-order valence-corrected chi connectivity index (χ0v) is 11.5. The number of aromatic amines is 1. The first-order chi connectivity index (χ1) is 8.31. The maximum atomic E-state index is 11.7. The molecule has 18 heavy (non-hydrogen) atoms. The number of rotatable bonds is 5. The summed E-state index contributed by atoms with van der Waals surface area (Å²) in [6, 6.07) is 5.72. The minimum absolute atomic E-state index is 0. The van der Waals surface area contributed by atoms with Crippen molar-refractivity contribution in [1.29, 1.82) is 0 Å². The summed E-state index contributed by atoms with van der Waals surface area (Å²) in [4.78, 5) is 12.8. The molecule has 2 heterocycles. The lowest BCUT2D eigenvalue weighted by Crippen LogP contribution is -2.30. The van der Waals surface area contributed by atoms with Crippen LogP contribution < -0.4 is 10.6 Å². The van der Waals surface area contributed by atoms with Crippen molar-refractivity contribution in [2.45, 2.75) is 0 Å². The summed E-state index contributed by atoms with van der Waals surface area (Å²) in [6.45, 7) is 1.34. The molecule has 0 unspecified atom stereocenters. The molecule has 0 aliphatic rings. The van der Waals surface area contributed by atoms with Gasteiger partial charge in [-0.05, 0) is 24.6 Å². The van der Waals surface area contributed by atoms with Crippen molar-refractivity contribution in [3.63, 3.8) is 0 Å². The van der Waals surface area contributed by atoms with Gasteiger partial charge < -0.3 is 10.6 Å². The number of halogens is 1. The molecule has 2 rings (SSSR count). The van der Waals surface area contributed by atoms with Crippen LogP contribution in [-0.2, 0) is 0 Å². The van der Waals surface area contributed by atoms with Crippen molar-refractivity contribution in [2.24, 2.45) is 0 Å². The Balaban J connectivity index is 0.00000162. The highest BCUT2D eigenvalue weighted by Gasteiger charge is 2.10. The number of H-pyrrole nitrogens is 1. The van der Waals surface area contributed by atoms with Crippen molar-refractivity contribution < 1.29 is 4.79 Å². The predicted molar refractivity (Wildman–Crippen MR) is 75.4 cm³/mol. The molecular weight excluding hydrogens is 272 g/mol. The van der Waals surface area contributed by atoms with Crippen molar-refractivity contribution in [1.82, 2.24) is 20.8 Å². The van der Waals surface area contributed by atoms with Crippen LogP contribution in [0.4, 0.5) is 0 Å². The van der Waals surface area contributed by atoms with Crippen molar-refractivity contribution in [2.75, 3.05) is 20.1 Å². The molecule has 0 saturated heterocycles. The standard InChI is InChI=1S/C11H14N4OS.ClH/c1-12-4-5-13-11(16)9-7-8(14-15-9)10-3-2-6-17-10;/h2-3,6-7,12H,4-5H2,1H3,(H,13,16)(H,14,15);1H. The van der Waals surface area contributed by atoms with Crippen LogP contribution in [-0.4, -0.2) is 36.2 Å². The molecule has 0 fully saturated rings. The molecule has 2 aromatic rings. The number of carbonyl (C=O) groups excluding carboxylic acids is 1. The summed E-state index contributed by atoms with van der Waals surface area (Å²) >= 11 is 1.61. The van der Waals surface area contributed by atoms with Gasteiger partial charge in [-0.3, -0.25) is 9.89 Å². The van der Waals surface area contributed by atoms with E-state index in [1.54, 1.807) is 17.4 Å². The first-order valence-corrected chi connectivity index (χ1v) is 6.21. The van der Waals surface area contributed by atoms with Crippen molar-refractivity contribution in [3.05, 3.63) is 29.3 Å². The molecule has 5 nitrogen and oxygen atoms in total. The fourth-order valence-electron chi connectivity index (χ4n) is 1.39. The minimum Gasteiger partial charge on any atom is -0.349 e. The third-order valence-electron chi connectivity index (χ3n) is 2.26. The van der Waals surface area contributed by atoms with E-state index in [1.807, 2.05) is 24.6 Å². The van der Waals surface area contributed by atoms with Crippen LogP contribution in [0.15, 0.2) is 23.6 Å². The number of hydrogen-bond acceptors (Lipinski definition) is 4. The van der Waals surface area contributed by atoms with Gasteiger partial charge in [0, 0.05) is 13.1 Å². The van der Waals surface area contributed by atoms with Gasteiger partial charge in [0.05, 0.1) is 10.6 Å². The van der Waals surface area contributed by atoms with Gasteiger partial charge in [-0.15, -0.1) is 23.7 Å². The van der Waals surface area contributed by atoms with Gasteiger partial charge in [-0.2, -0.15) is 5.10 Å². The minimum atomic E-state index is -0.153. The van der Waals surface area contributed by atoms with Crippen molar-refractivity contribution in [3.8, 4) is 10.6 Å². The summed E-state index contributed by atoms with van der Waals surface area (Å²) < 4.78 is 0. The lowest BCUT2D eigenvalue weighted by Gasteiger charge is -2.00. The molecule has 0 atom stereocenters. The number of carbonyl (C=O) groups is 1. The molecule has 0 bridgehead atoms. The van der Waals surface area contributed by atoms with E-state index >= 15 is 0 Å². The highest BCUT2D eigenvalue weighted by molar-refractivity contribution is 7.13. The van der Waals surface area contributed by atoms with E-state index in [1.165, 1.54) is 0 Å². The van der Waals surface area contributed by atoms with Gasteiger partial charge in [0.1, 0.15) is 0 Å². The monoisotopic (exact) mass is 286 g/mol. The van der Waals surface area contributed by atoms with E-state index in [0.29, 0.717) is 12.2 Å². The molecule has 0 aromatic carbocycles. The lowest BCUT2D eigenvalue weighted by molar-refractivity contribution is 0.0949. The van der Waals surface area contributed by atoms with Crippen molar-refractivity contribution >= 4 is 29.7 Å². The van der Waals surface area contributed by atoms with E-state index in [0.717, 1.165) is 17.1 Å². The quantitative estimate of drug-likeness (QED) is 0.730. The molecule has 98 valence electrons. The molecular formula is C11H15ClN4OS. The second-order valence-electron chi connectivity index (χ2n) is 3.50. The van der Waals surface area contributed by atoms with Gasteiger partial charge in [-0.25, -0.2) is 0 Å². The highest BCUT2D eigenvalue weighted by atomic mass is 35.5. The van der Waals surface area contributed by atoms with Crippen LogP contribution in [0.3, 0.4) is 0 Å².